The molecule has 0 radical (unpaired) electrons. The lowest BCUT2D eigenvalue weighted by atomic mass is 10.1. The second-order valence-electron chi connectivity index (χ2n) is 4.59. The molecule has 0 fully saturated rings. The zero-order valence-electron chi connectivity index (χ0n) is 11.7. The lowest BCUT2D eigenvalue weighted by molar-refractivity contribution is 0.198. The number of ether oxygens (including phenoxy) is 2. The van der Waals surface area contributed by atoms with E-state index in [0.717, 1.165) is 17.7 Å². The SMILES string of the molecule is COCCc1ccc(Oc2cc(C(C)O)ccn2)cc1. The van der Waals surface area contributed by atoms with Crippen molar-refractivity contribution < 1.29 is 14.6 Å². The maximum Gasteiger partial charge on any atom is 0.219 e. The van der Waals surface area contributed by atoms with Crippen molar-refractivity contribution in [3.63, 3.8) is 0 Å². The molecule has 0 bridgehead atoms. The lowest BCUT2D eigenvalue weighted by Gasteiger charge is -2.08. The van der Waals surface area contributed by atoms with Gasteiger partial charge in [0, 0.05) is 19.4 Å². The molecule has 0 aliphatic carbocycles. The van der Waals surface area contributed by atoms with Gasteiger partial charge in [-0.3, -0.25) is 0 Å². The van der Waals surface area contributed by atoms with Crippen LogP contribution >= 0.6 is 0 Å². The first-order chi connectivity index (χ1) is 9.69. The van der Waals surface area contributed by atoms with Crippen molar-refractivity contribution in [1.29, 1.82) is 0 Å². The van der Waals surface area contributed by atoms with Crippen molar-refractivity contribution >= 4 is 0 Å². The first-order valence-corrected chi connectivity index (χ1v) is 6.59. The summed E-state index contributed by atoms with van der Waals surface area (Å²) in [6.07, 6.45) is 1.98. The summed E-state index contributed by atoms with van der Waals surface area (Å²) in [6, 6.07) is 11.3. The molecule has 0 spiro atoms. The molecule has 4 heteroatoms. The van der Waals surface area contributed by atoms with Gasteiger partial charge in [-0.15, -0.1) is 0 Å². The maximum absolute atomic E-state index is 9.54. The Hall–Kier alpha value is -1.91. The van der Waals surface area contributed by atoms with Crippen LogP contribution in [0.5, 0.6) is 11.6 Å². The zero-order chi connectivity index (χ0) is 14.4. The van der Waals surface area contributed by atoms with Crippen molar-refractivity contribution in [2.75, 3.05) is 13.7 Å². The molecule has 0 aliphatic heterocycles. The lowest BCUT2D eigenvalue weighted by Crippen LogP contribution is -1.95. The fraction of sp³-hybridized carbons (Fsp3) is 0.312. The number of pyridine rings is 1. The second kappa shape index (κ2) is 7.03. The number of hydrogen-bond donors (Lipinski definition) is 1. The number of methoxy groups -OCH3 is 1. The van der Waals surface area contributed by atoms with Crippen LogP contribution in [0.25, 0.3) is 0 Å². The molecule has 1 aromatic carbocycles. The van der Waals surface area contributed by atoms with E-state index < -0.39 is 6.10 Å². The van der Waals surface area contributed by atoms with Crippen LogP contribution in [-0.4, -0.2) is 23.8 Å². The highest BCUT2D eigenvalue weighted by Crippen LogP contribution is 2.22. The predicted molar refractivity (Wildman–Crippen MR) is 77.0 cm³/mol. The molecule has 0 saturated carbocycles. The Labute approximate surface area is 119 Å². The van der Waals surface area contributed by atoms with Crippen LogP contribution in [0, 0.1) is 0 Å². The summed E-state index contributed by atoms with van der Waals surface area (Å²) in [4.78, 5) is 4.14. The number of nitrogens with zero attached hydrogens (tertiary/aromatic N) is 1. The van der Waals surface area contributed by atoms with Gasteiger partial charge in [0.15, 0.2) is 0 Å². The second-order valence-corrected chi connectivity index (χ2v) is 4.59. The number of aliphatic hydroxyl groups is 1. The molecule has 0 amide bonds. The van der Waals surface area contributed by atoms with Gasteiger partial charge in [-0.1, -0.05) is 12.1 Å². The average Bonchev–Trinajstić information content (AvgIpc) is 2.47. The van der Waals surface area contributed by atoms with Gasteiger partial charge in [0.2, 0.25) is 5.88 Å². The molecule has 1 atom stereocenters. The molecular weight excluding hydrogens is 254 g/mol. The van der Waals surface area contributed by atoms with Crippen molar-refractivity contribution in [3.8, 4) is 11.6 Å². The number of aromatic nitrogens is 1. The van der Waals surface area contributed by atoms with Crippen molar-refractivity contribution in [2.45, 2.75) is 19.4 Å². The molecule has 1 unspecified atom stereocenters. The fourth-order valence-corrected chi connectivity index (χ4v) is 1.81. The first-order valence-electron chi connectivity index (χ1n) is 6.59. The van der Waals surface area contributed by atoms with Crippen molar-refractivity contribution in [2.24, 2.45) is 0 Å². The van der Waals surface area contributed by atoms with E-state index in [1.165, 1.54) is 5.56 Å². The molecule has 1 aromatic heterocycles. The summed E-state index contributed by atoms with van der Waals surface area (Å²) in [5, 5.41) is 9.54. The quantitative estimate of drug-likeness (QED) is 0.878. The Bertz CT molecular complexity index is 538. The summed E-state index contributed by atoms with van der Waals surface area (Å²) < 4.78 is 10.7. The third-order valence-corrected chi connectivity index (χ3v) is 2.98. The van der Waals surface area contributed by atoms with Crippen LogP contribution in [0.4, 0.5) is 0 Å². The number of benzene rings is 1. The molecule has 2 aromatic rings. The van der Waals surface area contributed by atoms with Gasteiger partial charge >= 0.3 is 0 Å². The summed E-state index contributed by atoms with van der Waals surface area (Å²) in [7, 11) is 1.69. The van der Waals surface area contributed by atoms with Crippen LogP contribution < -0.4 is 4.74 Å². The smallest absolute Gasteiger partial charge is 0.219 e. The third kappa shape index (κ3) is 4.05. The van der Waals surface area contributed by atoms with E-state index >= 15 is 0 Å². The van der Waals surface area contributed by atoms with E-state index in [1.54, 1.807) is 32.4 Å². The van der Waals surface area contributed by atoms with Crippen LogP contribution in [0.2, 0.25) is 0 Å². The molecule has 4 nitrogen and oxygen atoms in total. The highest BCUT2D eigenvalue weighted by atomic mass is 16.5. The van der Waals surface area contributed by atoms with E-state index in [-0.39, 0.29) is 0 Å². The van der Waals surface area contributed by atoms with Crippen LogP contribution in [-0.2, 0) is 11.2 Å². The molecule has 106 valence electrons. The monoisotopic (exact) mass is 273 g/mol. The van der Waals surface area contributed by atoms with Crippen LogP contribution in [0.1, 0.15) is 24.2 Å². The molecule has 1 N–H and O–H groups in total. The van der Waals surface area contributed by atoms with Crippen molar-refractivity contribution in [1.82, 2.24) is 4.98 Å². The third-order valence-electron chi connectivity index (χ3n) is 2.98. The molecule has 20 heavy (non-hydrogen) atoms. The Morgan fingerprint density at radius 1 is 1.20 bits per heavy atom. The molecule has 0 aliphatic rings. The number of rotatable bonds is 6. The van der Waals surface area contributed by atoms with E-state index in [0.29, 0.717) is 12.5 Å². The largest absolute Gasteiger partial charge is 0.439 e. The van der Waals surface area contributed by atoms with Gasteiger partial charge < -0.3 is 14.6 Å². The minimum Gasteiger partial charge on any atom is -0.439 e. The van der Waals surface area contributed by atoms with E-state index in [1.807, 2.05) is 24.3 Å². The number of aliphatic hydroxyl groups excluding tert-OH is 1. The fourth-order valence-electron chi connectivity index (χ4n) is 1.81. The molecule has 2 rings (SSSR count). The van der Waals surface area contributed by atoms with E-state index in [4.69, 9.17) is 9.47 Å². The summed E-state index contributed by atoms with van der Waals surface area (Å²) in [5.41, 5.74) is 1.98. The predicted octanol–water partition coefficient (Wildman–Crippen LogP) is 3.12. The van der Waals surface area contributed by atoms with Crippen LogP contribution in [0.15, 0.2) is 42.6 Å². The summed E-state index contributed by atoms with van der Waals surface area (Å²) in [5.74, 6) is 1.20. The van der Waals surface area contributed by atoms with Gasteiger partial charge in [0.25, 0.3) is 0 Å². The maximum atomic E-state index is 9.54. The highest BCUT2D eigenvalue weighted by molar-refractivity contribution is 5.32. The van der Waals surface area contributed by atoms with E-state index in [9.17, 15) is 5.11 Å². The average molecular weight is 273 g/mol. The number of hydrogen-bond acceptors (Lipinski definition) is 4. The molecule has 0 saturated heterocycles. The van der Waals surface area contributed by atoms with Crippen LogP contribution in [0.3, 0.4) is 0 Å². The van der Waals surface area contributed by atoms with Gasteiger partial charge in [0.1, 0.15) is 5.75 Å². The van der Waals surface area contributed by atoms with Gasteiger partial charge in [-0.05, 0) is 42.7 Å². The first kappa shape index (κ1) is 14.5. The van der Waals surface area contributed by atoms with Gasteiger partial charge in [-0.25, -0.2) is 4.98 Å². The van der Waals surface area contributed by atoms with Crippen molar-refractivity contribution in [3.05, 3.63) is 53.7 Å². The molecule has 1 heterocycles. The standard InChI is InChI=1S/C16H19NO3/c1-12(18)14-7-9-17-16(11-14)20-15-5-3-13(4-6-15)8-10-19-2/h3-7,9,11-12,18H,8,10H2,1-2H3. The molecular formula is C16H19NO3. The van der Waals surface area contributed by atoms with E-state index in [2.05, 4.69) is 4.98 Å². The van der Waals surface area contributed by atoms with Gasteiger partial charge in [-0.2, -0.15) is 0 Å². The Balaban J connectivity index is 2.04. The van der Waals surface area contributed by atoms with Gasteiger partial charge in [0.05, 0.1) is 12.7 Å². The highest BCUT2D eigenvalue weighted by Gasteiger charge is 2.04. The Morgan fingerprint density at radius 2 is 1.95 bits per heavy atom. The normalized spacial score (nSPS) is 12.2. The Kier molecular flexibility index (Phi) is 5.09. The minimum absolute atomic E-state index is 0.480. The topological polar surface area (TPSA) is 51.6 Å². The zero-order valence-corrected chi connectivity index (χ0v) is 11.7. The summed E-state index contributed by atoms with van der Waals surface area (Å²) in [6.45, 7) is 2.42. The Morgan fingerprint density at radius 3 is 2.60 bits per heavy atom. The minimum atomic E-state index is -0.531. The summed E-state index contributed by atoms with van der Waals surface area (Å²) >= 11 is 0.